The highest BCUT2D eigenvalue weighted by molar-refractivity contribution is 5.89. The number of fused-ring (bicyclic) bond motifs is 3. The Balaban J connectivity index is 1.79. The first-order chi connectivity index (χ1) is 9.19. The van der Waals surface area contributed by atoms with Crippen LogP contribution in [0, 0.1) is 11.3 Å². The van der Waals surface area contributed by atoms with Gasteiger partial charge in [-0.25, -0.2) is 0 Å². The molecule has 0 aromatic carbocycles. The van der Waals surface area contributed by atoms with Gasteiger partial charge in [-0.3, -0.25) is 14.8 Å². The van der Waals surface area contributed by atoms with E-state index in [1.165, 1.54) is 0 Å². The Kier molecular flexibility index (Phi) is 1.94. The van der Waals surface area contributed by atoms with Gasteiger partial charge in [0.05, 0.1) is 17.3 Å². The molecule has 0 saturated carbocycles. The number of dihydropyridines is 1. The molecule has 3 N–H and O–H groups in total. The Morgan fingerprint density at radius 1 is 1.42 bits per heavy atom. The third kappa shape index (κ3) is 1.32. The van der Waals surface area contributed by atoms with Crippen LogP contribution in [0.3, 0.4) is 0 Å². The minimum absolute atomic E-state index is 0.0859. The van der Waals surface area contributed by atoms with Crippen LogP contribution in [0.25, 0.3) is 0 Å². The summed E-state index contributed by atoms with van der Waals surface area (Å²) in [6.07, 6.45) is 8.68. The van der Waals surface area contributed by atoms with Crippen LogP contribution in [-0.4, -0.2) is 23.3 Å². The number of carbonyl (C=O) groups is 1. The van der Waals surface area contributed by atoms with Crippen molar-refractivity contribution < 1.29 is 4.79 Å². The van der Waals surface area contributed by atoms with Gasteiger partial charge in [-0.05, 0) is 24.1 Å². The Bertz CT molecular complexity index is 636. The first-order valence-corrected chi connectivity index (χ1v) is 6.43. The van der Waals surface area contributed by atoms with E-state index in [0.29, 0.717) is 18.5 Å². The number of anilines is 1. The first kappa shape index (κ1) is 10.7. The second-order valence-corrected chi connectivity index (χ2v) is 5.51. The van der Waals surface area contributed by atoms with E-state index in [1.54, 1.807) is 12.4 Å². The van der Waals surface area contributed by atoms with Gasteiger partial charge in [-0.1, -0.05) is 6.08 Å². The zero-order chi connectivity index (χ0) is 13.0. The van der Waals surface area contributed by atoms with Gasteiger partial charge in [0.15, 0.2) is 0 Å². The first-order valence-electron chi connectivity index (χ1n) is 6.43. The molecule has 1 fully saturated rings. The van der Waals surface area contributed by atoms with Gasteiger partial charge < -0.3 is 11.1 Å². The van der Waals surface area contributed by atoms with E-state index in [0.717, 1.165) is 11.3 Å². The number of amides is 1. The summed E-state index contributed by atoms with van der Waals surface area (Å²) in [6.45, 7) is 0. The van der Waals surface area contributed by atoms with Crippen molar-refractivity contribution >= 4 is 17.8 Å². The quantitative estimate of drug-likeness (QED) is 0.706. The normalized spacial score (nSPS) is 34.4. The van der Waals surface area contributed by atoms with Gasteiger partial charge in [0.25, 0.3) is 0 Å². The topological polar surface area (TPSA) is 80.4 Å². The minimum atomic E-state index is -0.429. The van der Waals surface area contributed by atoms with Gasteiger partial charge in [0.1, 0.15) is 6.17 Å². The number of pyridine rings is 1. The zero-order valence-electron chi connectivity index (χ0n) is 10.3. The lowest BCUT2D eigenvalue weighted by Crippen LogP contribution is -2.35. The standard InChI is InChI=1S/C14H14N4O/c15-9-4-8-5-14(6-11(8)17-7-9)10-2-1-3-16-12(10)18-13(14)19/h1-4,7,10,12H,5-6,15H2,(H,18,19). The monoisotopic (exact) mass is 254 g/mol. The van der Waals surface area contributed by atoms with Gasteiger partial charge >= 0.3 is 0 Å². The van der Waals surface area contributed by atoms with Crippen LogP contribution < -0.4 is 11.1 Å². The van der Waals surface area contributed by atoms with Crippen LogP contribution in [-0.2, 0) is 17.6 Å². The van der Waals surface area contributed by atoms with Gasteiger partial charge in [0, 0.05) is 24.2 Å². The summed E-state index contributed by atoms with van der Waals surface area (Å²) >= 11 is 0. The predicted molar refractivity (Wildman–Crippen MR) is 71.5 cm³/mol. The summed E-state index contributed by atoms with van der Waals surface area (Å²) in [5, 5.41) is 2.99. The lowest BCUT2D eigenvalue weighted by molar-refractivity contribution is -0.128. The molecule has 0 radical (unpaired) electrons. The van der Waals surface area contributed by atoms with Crippen molar-refractivity contribution in [3.63, 3.8) is 0 Å². The number of allylic oxidation sites excluding steroid dienone is 1. The number of aliphatic imine (C=N–C) groups is 1. The van der Waals surface area contributed by atoms with Crippen LogP contribution >= 0.6 is 0 Å². The maximum atomic E-state index is 12.4. The number of nitrogens with two attached hydrogens (primary N) is 1. The fraction of sp³-hybridized carbons (Fsp3) is 0.357. The second-order valence-electron chi connectivity index (χ2n) is 5.51. The number of hydrogen-bond donors (Lipinski definition) is 2. The highest BCUT2D eigenvalue weighted by Crippen LogP contribution is 2.48. The van der Waals surface area contributed by atoms with Crippen molar-refractivity contribution in [2.24, 2.45) is 16.3 Å². The largest absolute Gasteiger partial charge is 0.397 e. The van der Waals surface area contributed by atoms with E-state index in [2.05, 4.69) is 21.4 Å². The molecule has 4 rings (SSSR count). The van der Waals surface area contributed by atoms with Crippen LogP contribution in [0.5, 0.6) is 0 Å². The van der Waals surface area contributed by atoms with Crippen LogP contribution in [0.15, 0.2) is 29.4 Å². The third-order valence-corrected chi connectivity index (χ3v) is 4.43. The SMILES string of the molecule is Nc1cnc2c(c1)CC1(C2)C(=O)NC2N=CC=CC21. The molecule has 3 unspecified atom stereocenters. The Morgan fingerprint density at radius 3 is 3.21 bits per heavy atom. The number of hydrogen-bond acceptors (Lipinski definition) is 4. The van der Waals surface area contributed by atoms with Gasteiger partial charge in [-0.15, -0.1) is 0 Å². The van der Waals surface area contributed by atoms with Gasteiger partial charge in [0.2, 0.25) is 5.91 Å². The number of rotatable bonds is 0. The van der Waals surface area contributed by atoms with Crippen molar-refractivity contribution in [3.8, 4) is 0 Å². The van der Waals surface area contributed by atoms with Crippen molar-refractivity contribution in [1.82, 2.24) is 10.3 Å². The second kappa shape index (κ2) is 3.44. The average Bonchev–Trinajstić information content (AvgIpc) is 2.90. The smallest absolute Gasteiger partial charge is 0.229 e. The molecule has 3 atom stereocenters. The molecule has 1 spiro atoms. The highest BCUT2D eigenvalue weighted by atomic mass is 16.2. The van der Waals surface area contributed by atoms with Crippen molar-refractivity contribution in [2.75, 3.05) is 5.73 Å². The molecule has 0 bridgehead atoms. The molecule has 19 heavy (non-hydrogen) atoms. The molecule has 1 aromatic heterocycles. The molecular formula is C14H14N4O. The third-order valence-electron chi connectivity index (χ3n) is 4.43. The van der Waals surface area contributed by atoms with Crippen LogP contribution in [0.4, 0.5) is 5.69 Å². The average molecular weight is 254 g/mol. The molecule has 1 saturated heterocycles. The Morgan fingerprint density at radius 2 is 2.32 bits per heavy atom. The molecule has 3 heterocycles. The summed E-state index contributed by atoms with van der Waals surface area (Å²) in [5.74, 6) is 0.197. The Hall–Kier alpha value is -2.17. The molecule has 96 valence electrons. The number of aromatic nitrogens is 1. The van der Waals surface area contributed by atoms with Crippen LogP contribution in [0.2, 0.25) is 0 Å². The summed E-state index contributed by atoms with van der Waals surface area (Å²) in [5.41, 5.74) is 8.10. The van der Waals surface area contributed by atoms with Crippen LogP contribution in [0.1, 0.15) is 11.3 Å². The summed E-state index contributed by atoms with van der Waals surface area (Å²) in [7, 11) is 0. The van der Waals surface area contributed by atoms with Gasteiger partial charge in [-0.2, -0.15) is 0 Å². The maximum absolute atomic E-state index is 12.4. The zero-order valence-corrected chi connectivity index (χ0v) is 10.3. The molecule has 3 aliphatic rings. The van der Waals surface area contributed by atoms with E-state index in [4.69, 9.17) is 5.73 Å². The maximum Gasteiger partial charge on any atom is 0.229 e. The molecule has 1 amide bonds. The molecule has 1 aliphatic carbocycles. The number of carbonyl (C=O) groups excluding carboxylic acids is 1. The summed E-state index contributed by atoms with van der Waals surface area (Å²) in [4.78, 5) is 21.2. The predicted octanol–water partition coefficient (Wildman–Crippen LogP) is 0.462. The molecule has 5 heteroatoms. The Labute approximate surface area is 110 Å². The summed E-state index contributed by atoms with van der Waals surface area (Å²) in [6, 6.07) is 1.94. The van der Waals surface area contributed by atoms with E-state index < -0.39 is 5.41 Å². The molecular weight excluding hydrogens is 240 g/mol. The van der Waals surface area contributed by atoms with Crippen molar-refractivity contribution in [1.29, 1.82) is 0 Å². The molecule has 2 aliphatic heterocycles. The van der Waals surface area contributed by atoms with Crippen molar-refractivity contribution in [2.45, 2.75) is 19.0 Å². The molecule has 1 aromatic rings. The number of nitrogen functional groups attached to an aromatic ring is 1. The van der Waals surface area contributed by atoms with E-state index >= 15 is 0 Å². The summed E-state index contributed by atoms with van der Waals surface area (Å²) < 4.78 is 0. The van der Waals surface area contributed by atoms with E-state index in [1.807, 2.05) is 12.1 Å². The fourth-order valence-corrected chi connectivity index (χ4v) is 3.52. The lowest BCUT2D eigenvalue weighted by atomic mass is 9.73. The highest BCUT2D eigenvalue weighted by Gasteiger charge is 2.57. The molecule has 5 nitrogen and oxygen atoms in total. The van der Waals surface area contributed by atoms with Crippen molar-refractivity contribution in [3.05, 3.63) is 35.7 Å². The minimum Gasteiger partial charge on any atom is -0.397 e. The number of nitrogens with one attached hydrogen (secondary N) is 1. The fourth-order valence-electron chi connectivity index (χ4n) is 3.52. The van der Waals surface area contributed by atoms with E-state index in [-0.39, 0.29) is 18.0 Å². The lowest BCUT2D eigenvalue weighted by Gasteiger charge is -2.27. The number of nitrogens with zero attached hydrogens (tertiary/aromatic N) is 2. The van der Waals surface area contributed by atoms with E-state index in [9.17, 15) is 4.79 Å².